The van der Waals surface area contributed by atoms with Gasteiger partial charge in [-0.3, -0.25) is 0 Å². The van der Waals surface area contributed by atoms with Crippen molar-refractivity contribution in [3.63, 3.8) is 0 Å². The predicted octanol–water partition coefficient (Wildman–Crippen LogP) is 5.99. The van der Waals surface area contributed by atoms with E-state index in [1.165, 1.54) is 64.8 Å². The second kappa shape index (κ2) is 6.57. The molecule has 0 N–H and O–H groups in total. The smallest absolute Gasteiger partial charge is 0.226 e. The highest BCUT2D eigenvalue weighted by atomic mass is 15.2. The number of hydrogen-bond donors (Lipinski definition) is 0. The molecule has 2 heteroatoms. The predicted molar refractivity (Wildman–Crippen MR) is 110 cm³/mol. The first-order chi connectivity index (χ1) is 12.5. The van der Waals surface area contributed by atoms with Crippen molar-refractivity contribution in [3.8, 4) is 11.4 Å². The summed E-state index contributed by atoms with van der Waals surface area (Å²) in [4.78, 5) is 0. The lowest BCUT2D eigenvalue weighted by Crippen LogP contribution is -2.31. The number of fused-ring (bicyclic) bond motifs is 1. The van der Waals surface area contributed by atoms with Crippen LogP contribution >= 0.6 is 0 Å². The molecule has 1 aliphatic carbocycles. The number of hydrogen-bond acceptors (Lipinski definition) is 0. The third kappa shape index (κ3) is 2.76. The molecule has 4 rings (SSSR count). The number of nitrogens with zero attached hydrogens (tertiary/aromatic N) is 2. The van der Waals surface area contributed by atoms with Gasteiger partial charge in [-0.1, -0.05) is 37.6 Å². The Bertz CT molecular complexity index is 956. The zero-order valence-electron chi connectivity index (χ0n) is 16.8. The van der Waals surface area contributed by atoms with Crippen molar-refractivity contribution in [1.29, 1.82) is 0 Å². The molecule has 1 aromatic heterocycles. The largest absolute Gasteiger partial charge is 0.290 e. The lowest BCUT2D eigenvalue weighted by molar-refractivity contribution is -0.634. The Hall–Kier alpha value is -2.09. The van der Waals surface area contributed by atoms with E-state index >= 15 is 0 Å². The SMILES string of the molecule is Cc1ccc(C)c(-c2n(C3CCCC3)c3cc(C(C)C)ccc3[n+]2C)c1. The average Bonchev–Trinajstić information content (AvgIpc) is 3.23. The van der Waals surface area contributed by atoms with E-state index in [1.807, 2.05) is 0 Å². The van der Waals surface area contributed by atoms with Crippen LogP contribution in [0.15, 0.2) is 36.4 Å². The molecule has 3 aromatic rings. The second-order valence-corrected chi connectivity index (χ2v) is 8.41. The van der Waals surface area contributed by atoms with Crippen LogP contribution < -0.4 is 4.57 Å². The Balaban J connectivity index is 2.06. The third-order valence-corrected chi connectivity index (χ3v) is 6.16. The molecule has 0 spiro atoms. The van der Waals surface area contributed by atoms with Gasteiger partial charge in [0.05, 0.1) is 12.6 Å². The molecular weight excluding hydrogens is 316 g/mol. The summed E-state index contributed by atoms with van der Waals surface area (Å²) in [6.45, 7) is 9.01. The van der Waals surface area contributed by atoms with Gasteiger partial charge in [-0.05, 0) is 74.8 Å². The summed E-state index contributed by atoms with van der Waals surface area (Å²) in [5.41, 5.74) is 8.25. The summed E-state index contributed by atoms with van der Waals surface area (Å²) in [6.07, 6.45) is 5.30. The lowest BCUT2D eigenvalue weighted by atomic mass is 10.0. The Morgan fingerprint density at radius 2 is 1.73 bits per heavy atom. The molecule has 1 aliphatic rings. The molecule has 0 radical (unpaired) electrons. The van der Waals surface area contributed by atoms with Gasteiger partial charge in [0.2, 0.25) is 0 Å². The number of imidazole rings is 1. The van der Waals surface area contributed by atoms with Gasteiger partial charge in [-0.2, -0.15) is 0 Å². The van der Waals surface area contributed by atoms with E-state index < -0.39 is 0 Å². The zero-order chi connectivity index (χ0) is 18.4. The van der Waals surface area contributed by atoms with Crippen LogP contribution in [-0.2, 0) is 7.05 Å². The molecule has 1 heterocycles. The summed E-state index contributed by atoms with van der Waals surface area (Å²) >= 11 is 0. The highest BCUT2D eigenvalue weighted by molar-refractivity contribution is 5.78. The van der Waals surface area contributed by atoms with Gasteiger partial charge in [0.1, 0.15) is 6.04 Å². The molecule has 0 bridgehead atoms. The molecule has 26 heavy (non-hydrogen) atoms. The Morgan fingerprint density at radius 1 is 1.00 bits per heavy atom. The van der Waals surface area contributed by atoms with Crippen LogP contribution in [0.4, 0.5) is 0 Å². The summed E-state index contributed by atoms with van der Waals surface area (Å²) in [7, 11) is 2.24. The normalized spacial score (nSPS) is 15.5. The van der Waals surface area contributed by atoms with Crippen molar-refractivity contribution in [2.45, 2.75) is 65.3 Å². The van der Waals surface area contributed by atoms with Gasteiger partial charge in [0.25, 0.3) is 5.82 Å². The maximum Gasteiger partial charge on any atom is 0.290 e. The average molecular weight is 348 g/mol. The summed E-state index contributed by atoms with van der Waals surface area (Å²) in [5.74, 6) is 1.93. The molecule has 136 valence electrons. The van der Waals surface area contributed by atoms with Gasteiger partial charge in [-0.25, -0.2) is 9.13 Å². The fourth-order valence-corrected chi connectivity index (χ4v) is 4.59. The molecule has 0 aliphatic heterocycles. The van der Waals surface area contributed by atoms with Crippen LogP contribution in [0, 0.1) is 13.8 Å². The highest BCUT2D eigenvalue weighted by Crippen LogP contribution is 2.37. The highest BCUT2D eigenvalue weighted by Gasteiger charge is 2.32. The van der Waals surface area contributed by atoms with E-state index in [-0.39, 0.29) is 0 Å². The van der Waals surface area contributed by atoms with Gasteiger partial charge < -0.3 is 0 Å². The molecular formula is C24H31N2+. The molecule has 0 amide bonds. The number of rotatable bonds is 3. The Labute approximate surface area is 157 Å². The van der Waals surface area contributed by atoms with Crippen molar-refractivity contribution < 1.29 is 4.57 Å². The van der Waals surface area contributed by atoms with Gasteiger partial charge >= 0.3 is 0 Å². The monoisotopic (exact) mass is 347 g/mol. The van der Waals surface area contributed by atoms with Crippen LogP contribution in [0.3, 0.4) is 0 Å². The molecule has 0 atom stereocenters. The molecule has 2 nitrogen and oxygen atoms in total. The van der Waals surface area contributed by atoms with E-state index in [0.717, 1.165) is 0 Å². The molecule has 2 aromatic carbocycles. The van der Waals surface area contributed by atoms with Crippen LogP contribution in [0.5, 0.6) is 0 Å². The van der Waals surface area contributed by atoms with E-state index in [2.05, 4.69) is 80.3 Å². The van der Waals surface area contributed by atoms with Crippen molar-refractivity contribution >= 4 is 11.0 Å². The van der Waals surface area contributed by atoms with Crippen molar-refractivity contribution in [3.05, 3.63) is 53.1 Å². The van der Waals surface area contributed by atoms with Crippen LogP contribution in [0.1, 0.15) is 68.2 Å². The minimum atomic E-state index is 0.556. The third-order valence-electron chi connectivity index (χ3n) is 6.16. The number of aryl methyl sites for hydroxylation is 3. The van der Waals surface area contributed by atoms with E-state index in [1.54, 1.807) is 0 Å². The maximum absolute atomic E-state index is 2.66. The second-order valence-electron chi connectivity index (χ2n) is 8.41. The van der Waals surface area contributed by atoms with Crippen LogP contribution in [0.2, 0.25) is 0 Å². The first kappa shape index (κ1) is 17.3. The molecule has 0 saturated heterocycles. The first-order valence-corrected chi connectivity index (χ1v) is 10.1. The Morgan fingerprint density at radius 3 is 2.42 bits per heavy atom. The fourth-order valence-electron chi connectivity index (χ4n) is 4.59. The van der Waals surface area contributed by atoms with Gasteiger partial charge in [0.15, 0.2) is 11.0 Å². The van der Waals surface area contributed by atoms with Crippen molar-refractivity contribution in [1.82, 2.24) is 4.57 Å². The Kier molecular flexibility index (Phi) is 4.38. The van der Waals surface area contributed by atoms with E-state index in [9.17, 15) is 0 Å². The summed E-state index contributed by atoms with van der Waals surface area (Å²) in [5, 5.41) is 0. The maximum atomic E-state index is 2.66. The quantitative estimate of drug-likeness (QED) is 0.515. The minimum absolute atomic E-state index is 0.556. The molecule has 1 saturated carbocycles. The van der Waals surface area contributed by atoms with Crippen LogP contribution in [0.25, 0.3) is 22.4 Å². The standard InChI is InChI=1S/C24H31N2/c1-16(2)19-12-13-22-23(15-19)26(20-8-6-7-9-20)24(25(22)5)21-14-17(3)10-11-18(21)4/h10-16,20H,6-9H2,1-5H3/q+1. The van der Waals surface area contributed by atoms with Gasteiger partial charge in [-0.15, -0.1) is 0 Å². The first-order valence-electron chi connectivity index (χ1n) is 10.1. The fraction of sp³-hybridized carbons (Fsp3) is 0.458. The van der Waals surface area contributed by atoms with Gasteiger partial charge in [0, 0.05) is 0 Å². The van der Waals surface area contributed by atoms with Crippen molar-refractivity contribution in [2.24, 2.45) is 7.05 Å². The molecule has 1 fully saturated rings. The molecule has 0 unspecified atom stereocenters. The van der Waals surface area contributed by atoms with Crippen molar-refractivity contribution in [2.75, 3.05) is 0 Å². The summed E-state index contributed by atoms with van der Waals surface area (Å²) in [6, 6.07) is 14.5. The lowest BCUT2D eigenvalue weighted by Gasteiger charge is -2.12. The zero-order valence-corrected chi connectivity index (χ0v) is 16.8. The summed E-state index contributed by atoms with van der Waals surface area (Å²) < 4.78 is 5.08. The number of benzene rings is 2. The van der Waals surface area contributed by atoms with E-state index in [4.69, 9.17) is 0 Å². The minimum Gasteiger partial charge on any atom is -0.226 e. The van der Waals surface area contributed by atoms with E-state index in [0.29, 0.717) is 12.0 Å². The number of aromatic nitrogens is 2. The topological polar surface area (TPSA) is 8.81 Å². The van der Waals surface area contributed by atoms with Crippen LogP contribution in [-0.4, -0.2) is 4.57 Å².